The predicted octanol–water partition coefficient (Wildman–Crippen LogP) is 5.17. The first kappa shape index (κ1) is 16.2. The van der Waals surface area contributed by atoms with Gasteiger partial charge in [0.1, 0.15) is 0 Å². The third kappa shape index (κ3) is 13.2. The van der Waals surface area contributed by atoms with E-state index < -0.39 is 19.8 Å². The third-order valence-electron chi connectivity index (χ3n) is 2.57. The van der Waals surface area contributed by atoms with E-state index >= 15 is 0 Å². The van der Waals surface area contributed by atoms with E-state index in [0.717, 1.165) is 5.66 Å². The third-order valence-corrected chi connectivity index (χ3v) is 4.37. The predicted molar refractivity (Wildman–Crippen MR) is 78.3 cm³/mol. The van der Waals surface area contributed by atoms with Gasteiger partial charge in [0.25, 0.3) is 0 Å². The molecule has 91 valence electrons. The van der Waals surface area contributed by atoms with Crippen LogP contribution in [0.5, 0.6) is 0 Å². The number of hydrogen-bond acceptors (Lipinski definition) is 0. The van der Waals surface area contributed by atoms with Crippen molar-refractivity contribution in [2.75, 3.05) is 6.16 Å². The van der Waals surface area contributed by atoms with Crippen LogP contribution in [-0.2, 0) is 0 Å². The summed E-state index contributed by atoms with van der Waals surface area (Å²) in [5, 5.41) is 0. The van der Waals surface area contributed by atoms with E-state index in [9.17, 15) is 0 Å². The average molecular weight is 336 g/mol. The van der Waals surface area contributed by atoms with E-state index in [1.807, 2.05) is 0 Å². The molecule has 0 amide bonds. The number of hydrogen-bond donors (Lipinski definition) is 0. The molecule has 0 heterocycles. The molecule has 1 saturated carbocycles. The number of rotatable bonds is 4. The monoisotopic (exact) mass is 337 g/mol. The summed E-state index contributed by atoms with van der Waals surface area (Å²) >= 11 is -0.543. The molecule has 1 atom stereocenters. The molecule has 0 N–H and O–H groups in total. The standard InChI is InChI=1S/C10H21P.3CH3.Sn/c1-2-3-9-11-10-7-5-4-6-8-10;;;;/h10-11H,2-9H2,1H3;3*1H3;. The Hall–Kier alpha value is 1.23. The van der Waals surface area contributed by atoms with Crippen LogP contribution in [0.3, 0.4) is 0 Å². The Balaban J connectivity index is 0.000000423. The van der Waals surface area contributed by atoms with Crippen molar-refractivity contribution >= 4 is 28.3 Å². The van der Waals surface area contributed by atoms with Crippen molar-refractivity contribution in [3.05, 3.63) is 0 Å². The molecule has 0 aromatic heterocycles. The second kappa shape index (κ2) is 11.7. The Bertz CT molecular complexity index is 117. The van der Waals surface area contributed by atoms with Crippen molar-refractivity contribution in [3.63, 3.8) is 0 Å². The van der Waals surface area contributed by atoms with Gasteiger partial charge in [-0.25, -0.2) is 0 Å². The van der Waals surface area contributed by atoms with Crippen molar-refractivity contribution < 1.29 is 0 Å². The Kier molecular flexibility index (Phi) is 12.7. The van der Waals surface area contributed by atoms with Crippen LogP contribution in [0.4, 0.5) is 0 Å². The Morgan fingerprint density at radius 2 is 1.60 bits per heavy atom. The molecule has 0 aliphatic heterocycles. The summed E-state index contributed by atoms with van der Waals surface area (Å²) < 4.78 is 0. The van der Waals surface area contributed by atoms with Crippen LogP contribution in [0, 0.1) is 0 Å². The van der Waals surface area contributed by atoms with Crippen LogP contribution in [0.15, 0.2) is 0 Å². The van der Waals surface area contributed by atoms with E-state index in [0.29, 0.717) is 0 Å². The quantitative estimate of drug-likeness (QED) is 0.378. The van der Waals surface area contributed by atoms with Crippen molar-refractivity contribution in [3.8, 4) is 0 Å². The van der Waals surface area contributed by atoms with Gasteiger partial charge in [-0.1, -0.05) is 32.6 Å². The summed E-state index contributed by atoms with van der Waals surface area (Å²) in [6.45, 7) is 2.30. The van der Waals surface area contributed by atoms with Crippen LogP contribution in [0.25, 0.3) is 0 Å². The van der Waals surface area contributed by atoms with Crippen LogP contribution in [-0.4, -0.2) is 31.6 Å². The SMILES string of the molecule is CCCCPC1CCCCC1.[CH3][Sn]([CH3])[CH3]. The van der Waals surface area contributed by atoms with Crippen LogP contribution in [0.2, 0.25) is 14.8 Å². The molecule has 1 aliphatic rings. The average Bonchev–Trinajstić information content (AvgIpc) is 2.19. The van der Waals surface area contributed by atoms with Gasteiger partial charge in [-0.15, -0.1) is 8.58 Å². The zero-order chi connectivity index (χ0) is 11.5. The fourth-order valence-electron chi connectivity index (χ4n) is 1.79. The molecule has 1 fully saturated rings. The minimum absolute atomic E-state index is 0.543. The van der Waals surface area contributed by atoms with Crippen LogP contribution in [0.1, 0.15) is 51.9 Å². The van der Waals surface area contributed by atoms with Crippen molar-refractivity contribution in [1.29, 1.82) is 0 Å². The van der Waals surface area contributed by atoms with Gasteiger partial charge in [0.05, 0.1) is 0 Å². The fourth-order valence-corrected chi connectivity index (χ4v) is 3.57. The topological polar surface area (TPSA) is 0 Å². The maximum absolute atomic E-state index is 2.36. The normalized spacial score (nSPS) is 18.2. The molecule has 1 rings (SSSR count). The first-order valence-electron chi connectivity index (χ1n) is 6.67. The molecular formula is C13H30PSn. The molecular weight excluding hydrogens is 306 g/mol. The van der Waals surface area contributed by atoms with E-state index in [2.05, 4.69) is 21.7 Å². The van der Waals surface area contributed by atoms with E-state index in [4.69, 9.17) is 0 Å². The summed E-state index contributed by atoms with van der Waals surface area (Å²) in [6.07, 6.45) is 12.0. The zero-order valence-corrected chi connectivity index (χ0v) is 15.1. The fraction of sp³-hybridized carbons (Fsp3) is 1.00. The van der Waals surface area contributed by atoms with Gasteiger partial charge in [0.2, 0.25) is 0 Å². The summed E-state index contributed by atoms with van der Waals surface area (Å²) in [5.74, 6) is 0. The van der Waals surface area contributed by atoms with Gasteiger partial charge in [0.15, 0.2) is 0 Å². The molecule has 0 spiro atoms. The minimum atomic E-state index is -0.543. The molecule has 0 bridgehead atoms. The summed E-state index contributed by atoms with van der Waals surface area (Å²) in [6, 6.07) is 0. The Morgan fingerprint density at radius 1 is 1.07 bits per heavy atom. The van der Waals surface area contributed by atoms with Gasteiger partial charge in [-0.05, 0) is 31.1 Å². The second-order valence-corrected chi connectivity index (χ2v) is 15.4. The van der Waals surface area contributed by atoms with Crippen molar-refractivity contribution in [1.82, 2.24) is 0 Å². The molecule has 0 saturated heterocycles. The number of unbranched alkanes of at least 4 members (excludes halogenated alkanes) is 1. The summed E-state index contributed by atoms with van der Waals surface area (Å²) in [4.78, 5) is 7.09. The summed E-state index contributed by atoms with van der Waals surface area (Å²) in [7, 11) is 1.29. The van der Waals surface area contributed by atoms with Crippen LogP contribution < -0.4 is 0 Å². The maximum atomic E-state index is 2.36. The van der Waals surface area contributed by atoms with Gasteiger partial charge >= 0.3 is 34.6 Å². The molecule has 15 heavy (non-hydrogen) atoms. The van der Waals surface area contributed by atoms with Crippen LogP contribution >= 0.6 is 8.58 Å². The van der Waals surface area contributed by atoms with E-state index in [-0.39, 0.29) is 0 Å². The van der Waals surface area contributed by atoms with Gasteiger partial charge in [-0.3, -0.25) is 0 Å². The molecule has 2 heteroatoms. The molecule has 1 aliphatic carbocycles. The molecule has 1 unspecified atom stereocenters. The zero-order valence-electron chi connectivity index (χ0n) is 11.2. The first-order chi connectivity index (χ1) is 7.16. The van der Waals surface area contributed by atoms with Gasteiger partial charge in [-0.2, -0.15) is 0 Å². The van der Waals surface area contributed by atoms with E-state index in [1.165, 1.54) is 46.8 Å². The van der Waals surface area contributed by atoms with Gasteiger partial charge in [0, 0.05) is 0 Å². The molecule has 0 nitrogen and oxygen atoms in total. The molecule has 0 aromatic carbocycles. The first-order valence-corrected chi connectivity index (χ1v) is 16.5. The summed E-state index contributed by atoms with van der Waals surface area (Å²) in [5.41, 5.74) is 1.13. The molecule has 0 aromatic rings. The Labute approximate surface area is 107 Å². The Morgan fingerprint density at radius 3 is 2.07 bits per heavy atom. The van der Waals surface area contributed by atoms with E-state index in [1.54, 1.807) is 12.8 Å². The van der Waals surface area contributed by atoms with Gasteiger partial charge < -0.3 is 0 Å². The van der Waals surface area contributed by atoms with Crippen molar-refractivity contribution in [2.45, 2.75) is 72.3 Å². The second-order valence-electron chi connectivity index (χ2n) is 5.14. The molecule has 1 radical (unpaired) electrons. The van der Waals surface area contributed by atoms with Crippen molar-refractivity contribution in [2.24, 2.45) is 0 Å².